The second kappa shape index (κ2) is 5.51. The summed E-state index contributed by atoms with van der Waals surface area (Å²) in [7, 11) is 0. The van der Waals surface area contributed by atoms with E-state index in [4.69, 9.17) is 0 Å². The summed E-state index contributed by atoms with van der Waals surface area (Å²) in [4.78, 5) is 16.8. The van der Waals surface area contributed by atoms with E-state index in [2.05, 4.69) is 31.3 Å². The van der Waals surface area contributed by atoms with Crippen molar-refractivity contribution >= 4 is 27.0 Å². The van der Waals surface area contributed by atoms with Crippen molar-refractivity contribution in [2.75, 3.05) is 13.1 Å². The van der Waals surface area contributed by atoms with Crippen molar-refractivity contribution in [2.45, 2.75) is 38.5 Å². The van der Waals surface area contributed by atoms with Crippen LogP contribution in [0.25, 0.3) is 11.0 Å². The molecule has 0 bridgehead atoms. The minimum Gasteiger partial charge on any atom is -0.388 e. The van der Waals surface area contributed by atoms with E-state index in [9.17, 15) is 9.90 Å². The topological polar surface area (TPSA) is 85.0 Å². The van der Waals surface area contributed by atoms with Crippen LogP contribution in [0.4, 0.5) is 0 Å². The smallest absolute Gasteiger partial charge is 0.281 e. The van der Waals surface area contributed by atoms with Crippen LogP contribution >= 0.6 is 15.9 Å². The molecule has 2 N–H and O–H groups in total. The van der Waals surface area contributed by atoms with Gasteiger partial charge in [-0.3, -0.25) is 14.0 Å². The standard InChI is InChI=1S/C13H18BrN5O2/c1-2-19-11(14)9-10(17-19)12(20)18(8-16-9)7-13(21)3-5-15-6-4-13/h8,15,21H,2-7H2,1H3. The minimum absolute atomic E-state index is 0.208. The van der Waals surface area contributed by atoms with Crippen molar-refractivity contribution in [3.05, 3.63) is 21.3 Å². The van der Waals surface area contributed by atoms with E-state index in [0.29, 0.717) is 35.0 Å². The molecule has 3 rings (SSSR count). The third-order valence-electron chi connectivity index (χ3n) is 3.96. The van der Waals surface area contributed by atoms with Gasteiger partial charge in [-0.25, -0.2) is 4.98 Å². The summed E-state index contributed by atoms with van der Waals surface area (Å²) < 4.78 is 3.88. The van der Waals surface area contributed by atoms with E-state index in [1.54, 1.807) is 4.68 Å². The van der Waals surface area contributed by atoms with Gasteiger partial charge < -0.3 is 10.4 Å². The van der Waals surface area contributed by atoms with Gasteiger partial charge in [0.2, 0.25) is 0 Å². The molecule has 21 heavy (non-hydrogen) atoms. The van der Waals surface area contributed by atoms with Crippen LogP contribution < -0.4 is 10.9 Å². The number of hydrogen-bond donors (Lipinski definition) is 2. The van der Waals surface area contributed by atoms with Gasteiger partial charge in [-0.15, -0.1) is 0 Å². The maximum Gasteiger partial charge on any atom is 0.281 e. The van der Waals surface area contributed by atoms with Gasteiger partial charge in [0.15, 0.2) is 5.52 Å². The third-order valence-corrected chi connectivity index (χ3v) is 4.74. The average Bonchev–Trinajstić information content (AvgIpc) is 2.80. The number of hydrogen-bond acceptors (Lipinski definition) is 5. The van der Waals surface area contributed by atoms with Crippen molar-refractivity contribution in [3.8, 4) is 0 Å². The lowest BCUT2D eigenvalue weighted by Gasteiger charge is -2.32. The van der Waals surface area contributed by atoms with Gasteiger partial charge in [0.1, 0.15) is 10.1 Å². The molecule has 0 radical (unpaired) electrons. The number of aryl methyl sites for hydroxylation is 1. The number of aromatic nitrogens is 4. The van der Waals surface area contributed by atoms with Crippen molar-refractivity contribution < 1.29 is 5.11 Å². The van der Waals surface area contributed by atoms with Crippen molar-refractivity contribution in [2.24, 2.45) is 0 Å². The van der Waals surface area contributed by atoms with Gasteiger partial charge in [-0.05, 0) is 48.8 Å². The quantitative estimate of drug-likeness (QED) is 0.836. The molecule has 8 heteroatoms. The first-order valence-electron chi connectivity index (χ1n) is 7.08. The number of rotatable bonds is 3. The number of halogens is 1. The van der Waals surface area contributed by atoms with Gasteiger partial charge >= 0.3 is 0 Å². The third kappa shape index (κ3) is 2.63. The van der Waals surface area contributed by atoms with Gasteiger partial charge in [0.25, 0.3) is 5.56 Å². The Bertz CT molecular complexity index is 717. The minimum atomic E-state index is -0.852. The van der Waals surface area contributed by atoms with Gasteiger partial charge in [0, 0.05) is 6.54 Å². The molecule has 0 aromatic carbocycles. The second-order valence-electron chi connectivity index (χ2n) is 5.46. The Morgan fingerprint density at radius 3 is 2.81 bits per heavy atom. The zero-order chi connectivity index (χ0) is 15.0. The molecular formula is C13H18BrN5O2. The maximum atomic E-state index is 12.5. The van der Waals surface area contributed by atoms with Crippen LogP contribution in [-0.4, -0.2) is 43.1 Å². The second-order valence-corrected chi connectivity index (χ2v) is 6.21. The fraction of sp³-hybridized carbons (Fsp3) is 0.615. The first-order chi connectivity index (χ1) is 10.0. The summed E-state index contributed by atoms with van der Waals surface area (Å²) >= 11 is 3.41. The molecule has 0 atom stereocenters. The Labute approximate surface area is 130 Å². The van der Waals surface area contributed by atoms with Crippen LogP contribution in [0.3, 0.4) is 0 Å². The molecule has 1 saturated heterocycles. The molecule has 7 nitrogen and oxygen atoms in total. The number of piperidine rings is 1. The van der Waals surface area contributed by atoms with Crippen molar-refractivity contribution in [3.63, 3.8) is 0 Å². The lowest BCUT2D eigenvalue weighted by Crippen LogP contribution is -2.46. The molecule has 0 spiro atoms. The van der Waals surface area contributed by atoms with Gasteiger partial charge in [0.05, 0.1) is 18.5 Å². The SMILES string of the molecule is CCn1nc2c(=O)n(CC3(O)CCNCC3)cnc2c1Br. The molecule has 1 fully saturated rings. The number of nitrogens with zero attached hydrogens (tertiary/aromatic N) is 4. The molecule has 0 amide bonds. The maximum absolute atomic E-state index is 12.5. The molecular weight excluding hydrogens is 338 g/mol. The fourth-order valence-electron chi connectivity index (χ4n) is 2.70. The predicted molar refractivity (Wildman–Crippen MR) is 82.2 cm³/mol. The Morgan fingerprint density at radius 1 is 1.43 bits per heavy atom. The van der Waals surface area contributed by atoms with E-state index in [1.165, 1.54) is 10.9 Å². The number of aliphatic hydroxyl groups is 1. The van der Waals surface area contributed by atoms with Crippen LogP contribution in [0.5, 0.6) is 0 Å². The first kappa shape index (κ1) is 14.7. The molecule has 2 aromatic heterocycles. The zero-order valence-electron chi connectivity index (χ0n) is 11.8. The Kier molecular flexibility index (Phi) is 3.85. The summed E-state index contributed by atoms with van der Waals surface area (Å²) in [5.41, 5.74) is -0.159. The molecule has 2 aromatic rings. The highest BCUT2D eigenvalue weighted by atomic mass is 79.9. The molecule has 1 aliphatic heterocycles. The molecule has 0 saturated carbocycles. The van der Waals surface area contributed by atoms with Gasteiger partial charge in [-0.1, -0.05) is 0 Å². The Balaban J connectivity index is 2.00. The molecule has 114 valence electrons. The van der Waals surface area contributed by atoms with Crippen molar-refractivity contribution in [1.29, 1.82) is 0 Å². The summed E-state index contributed by atoms with van der Waals surface area (Å²) in [6, 6.07) is 0. The first-order valence-corrected chi connectivity index (χ1v) is 7.88. The predicted octanol–water partition coefficient (Wildman–Crippen LogP) is 0.490. The van der Waals surface area contributed by atoms with Gasteiger partial charge in [-0.2, -0.15) is 5.10 Å². The van der Waals surface area contributed by atoms with E-state index in [1.807, 2.05) is 6.92 Å². The summed E-state index contributed by atoms with van der Waals surface area (Å²) in [6.45, 7) is 4.39. The molecule has 1 aliphatic rings. The van der Waals surface area contributed by atoms with Crippen LogP contribution in [0.2, 0.25) is 0 Å². The zero-order valence-corrected chi connectivity index (χ0v) is 13.4. The normalized spacial score (nSPS) is 18.2. The number of fused-ring (bicyclic) bond motifs is 1. The number of nitrogens with one attached hydrogen (secondary N) is 1. The van der Waals surface area contributed by atoms with E-state index in [-0.39, 0.29) is 12.1 Å². The van der Waals surface area contributed by atoms with Crippen LogP contribution in [0.1, 0.15) is 19.8 Å². The molecule has 0 unspecified atom stereocenters. The fourth-order valence-corrected chi connectivity index (χ4v) is 3.32. The van der Waals surface area contributed by atoms with E-state index >= 15 is 0 Å². The highest BCUT2D eigenvalue weighted by Gasteiger charge is 2.30. The largest absolute Gasteiger partial charge is 0.388 e. The highest BCUT2D eigenvalue weighted by Crippen LogP contribution is 2.21. The summed E-state index contributed by atoms with van der Waals surface area (Å²) in [6.07, 6.45) is 2.76. The lowest BCUT2D eigenvalue weighted by molar-refractivity contribution is -0.00628. The Morgan fingerprint density at radius 2 is 2.14 bits per heavy atom. The van der Waals surface area contributed by atoms with Crippen LogP contribution in [0.15, 0.2) is 15.7 Å². The Hall–Kier alpha value is -1.25. The molecule has 3 heterocycles. The van der Waals surface area contributed by atoms with Crippen LogP contribution in [0, 0.1) is 0 Å². The van der Waals surface area contributed by atoms with E-state index in [0.717, 1.165) is 13.1 Å². The highest BCUT2D eigenvalue weighted by molar-refractivity contribution is 9.10. The average molecular weight is 356 g/mol. The summed E-state index contributed by atoms with van der Waals surface area (Å²) in [5, 5.41) is 18.1. The lowest BCUT2D eigenvalue weighted by atomic mass is 9.92. The summed E-state index contributed by atoms with van der Waals surface area (Å²) in [5.74, 6) is 0. The van der Waals surface area contributed by atoms with E-state index < -0.39 is 5.60 Å². The van der Waals surface area contributed by atoms with Crippen molar-refractivity contribution in [1.82, 2.24) is 24.6 Å². The monoisotopic (exact) mass is 355 g/mol. The van der Waals surface area contributed by atoms with Crippen LogP contribution in [-0.2, 0) is 13.1 Å². The molecule has 0 aliphatic carbocycles.